The van der Waals surface area contributed by atoms with E-state index in [4.69, 9.17) is 0 Å². The van der Waals surface area contributed by atoms with E-state index >= 15 is 0 Å². The quantitative estimate of drug-likeness (QED) is 0.872. The van der Waals surface area contributed by atoms with Gasteiger partial charge in [-0.25, -0.2) is 0 Å². The van der Waals surface area contributed by atoms with Gasteiger partial charge in [-0.1, -0.05) is 50.6 Å². The van der Waals surface area contributed by atoms with Gasteiger partial charge >= 0.3 is 0 Å². The summed E-state index contributed by atoms with van der Waals surface area (Å²) in [6, 6.07) is 8.64. The maximum atomic E-state index is 12.8. The van der Waals surface area contributed by atoms with Gasteiger partial charge in [-0.15, -0.1) is 0 Å². The van der Waals surface area contributed by atoms with Crippen molar-refractivity contribution in [2.45, 2.75) is 72.3 Å². The minimum absolute atomic E-state index is 0.0435. The number of Topliss-reactive ketones (excluding diaryl/α,β-unsaturated/α-hetero) is 1. The number of carbonyl (C=O) groups excluding carboxylic acids is 1. The van der Waals surface area contributed by atoms with Crippen molar-refractivity contribution in [3.8, 4) is 0 Å². The molecule has 4 atom stereocenters. The van der Waals surface area contributed by atoms with Gasteiger partial charge in [0.25, 0.3) is 0 Å². The van der Waals surface area contributed by atoms with Gasteiger partial charge in [-0.3, -0.25) is 4.79 Å². The summed E-state index contributed by atoms with van der Waals surface area (Å²) in [7, 11) is 0. The highest BCUT2D eigenvalue weighted by Crippen LogP contribution is 2.59. The fourth-order valence-electron chi connectivity index (χ4n) is 5.69. The number of hydrogen-bond donors (Lipinski definition) is 1. The molecule has 2 nitrogen and oxygen atoms in total. The molecule has 0 unspecified atom stereocenters. The highest BCUT2D eigenvalue weighted by Gasteiger charge is 2.56. The van der Waals surface area contributed by atoms with Crippen molar-refractivity contribution in [1.82, 2.24) is 0 Å². The fraction of sp³-hybridized carbons (Fsp3) is 0.682. The first-order valence-corrected chi connectivity index (χ1v) is 9.51. The molecule has 1 aromatic rings. The molecule has 24 heavy (non-hydrogen) atoms. The molecule has 2 saturated carbocycles. The molecular weight excluding hydrogens is 296 g/mol. The van der Waals surface area contributed by atoms with Gasteiger partial charge in [0.15, 0.2) is 0 Å². The summed E-state index contributed by atoms with van der Waals surface area (Å²) < 4.78 is 0. The highest BCUT2D eigenvalue weighted by atomic mass is 16.3. The summed E-state index contributed by atoms with van der Waals surface area (Å²) >= 11 is 0. The topological polar surface area (TPSA) is 37.3 Å². The van der Waals surface area contributed by atoms with Crippen LogP contribution >= 0.6 is 0 Å². The van der Waals surface area contributed by atoms with Crippen molar-refractivity contribution in [3.63, 3.8) is 0 Å². The van der Waals surface area contributed by atoms with E-state index in [0.29, 0.717) is 18.1 Å². The van der Waals surface area contributed by atoms with E-state index in [9.17, 15) is 9.90 Å². The summed E-state index contributed by atoms with van der Waals surface area (Å²) in [5, 5.41) is 10.5. The number of fused-ring (bicyclic) bond motifs is 1. The molecule has 2 aliphatic carbocycles. The second-order valence-corrected chi connectivity index (χ2v) is 9.02. The lowest BCUT2D eigenvalue weighted by Crippen LogP contribution is -2.56. The van der Waals surface area contributed by atoms with E-state index in [2.05, 4.69) is 52.0 Å². The molecule has 0 radical (unpaired) electrons. The first-order valence-electron chi connectivity index (χ1n) is 9.51. The first-order chi connectivity index (χ1) is 11.2. The van der Waals surface area contributed by atoms with Gasteiger partial charge in [-0.2, -0.15) is 0 Å². The van der Waals surface area contributed by atoms with Gasteiger partial charge in [0, 0.05) is 12.3 Å². The predicted octanol–water partition coefficient (Wildman–Crippen LogP) is 4.71. The molecule has 0 aliphatic heterocycles. The van der Waals surface area contributed by atoms with Gasteiger partial charge < -0.3 is 5.11 Å². The molecule has 0 amide bonds. The lowest BCUT2D eigenvalue weighted by Gasteiger charge is -2.58. The molecule has 1 aromatic carbocycles. The van der Waals surface area contributed by atoms with Crippen LogP contribution in [0.4, 0.5) is 0 Å². The van der Waals surface area contributed by atoms with Crippen LogP contribution in [0.15, 0.2) is 24.3 Å². The van der Waals surface area contributed by atoms with Crippen LogP contribution in [-0.4, -0.2) is 17.0 Å². The Labute approximate surface area is 146 Å². The minimum atomic E-state index is -0.235. The molecule has 2 heteroatoms. The number of aliphatic hydroxyl groups is 1. The second kappa shape index (κ2) is 6.29. The van der Waals surface area contributed by atoms with Gasteiger partial charge in [0.2, 0.25) is 0 Å². The normalized spacial score (nSPS) is 35.5. The van der Waals surface area contributed by atoms with Crippen LogP contribution in [0, 0.1) is 29.6 Å². The number of aryl methyl sites for hydroxylation is 2. The van der Waals surface area contributed by atoms with Crippen LogP contribution < -0.4 is 0 Å². The Morgan fingerprint density at radius 2 is 1.96 bits per heavy atom. The van der Waals surface area contributed by atoms with E-state index in [1.165, 1.54) is 11.1 Å². The number of benzene rings is 1. The van der Waals surface area contributed by atoms with Crippen LogP contribution in [0.3, 0.4) is 0 Å². The molecule has 2 aliphatic rings. The van der Waals surface area contributed by atoms with Crippen LogP contribution in [-0.2, 0) is 11.2 Å². The smallest absolute Gasteiger partial charge is 0.136 e. The zero-order chi connectivity index (χ0) is 17.5. The number of carbonyl (C=O) groups is 1. The third-order valence-corrected chi connectivity index (χ3v) is 7.18. The van der Waals surface area contributed by atoms with Gasteiger partial charge in [-0.05, 0) is 61.3 Å². The lowest BCUT2D eigenvalue weighted by molar-refractivity contribution is -0.158. The average molecular weight is 328 g/mol. The fourth-order valence-corrected chi connectivity index (χ4v) is 5.69. The third-order valence-electron chi connectivity index (χ3n) is 7.18. The molecule has 2 fully saturated rings. The van der Waals surface area contributed by atoms with Crippen molar-refractivity contribution in [2.75, 3.05) is 0 Å². The number of ketones is 1. The largest absolute Gasteiger partial charge is 0.393 e. The highest BCUT2D eigenvalue weighted by molar-refractivity contribution is 5.82. The zero-order valence-corrected chi connectivity index (χ0v) is 15.6. The molecule has 0 aromatic heterocycles. The Kier molecular flexibility index (Phi) is 4.63. The number of hydrogen-bond acceptors (Lipinski definition) is 2. The van der Waals surface area contributed by atoms with Crippen molar-refractivity contribution in [2.24, 2.45) is 22.7 Å². The standard InChI is InChI=1S/C22H32O2/c1-15-6-5-7-16(14-15)8-9-17-18(23)10-11-19-21(2,3)20(24)12-13-22(17,19)4/h5-7,14,17,19-20,24H,8-13H2,1-4H3/t17-,19-,20-,22+/m0/s1. The van der Waals surface area contributed by atoms with Crippen molar-refractivity contribution in [3.05, 3.63) is 35.4 Å². The van der Waals surface area contributed by atoms with Gasteiger partial charge in [0.1, 0.15) is 5.78 Å². The van der Waals surface area contributed by atoms with Crippen LogP contribution in [0.25, 0.3) is 0 Å². The van der Waals surface area contributed by atoms with Crippen LogP contribution in [0.1, 0.15) is 64.0 Å². The van der Waals surface area contributed by atoms with Crippen LogP contribution in [0.5, 0.6) is 0 Å². The van der Waals surface area contributed by atoms with E-state index in [1.807, 2.05) is 0 Å². The minimum Gasteiger partial charge on any atom is -0.393 e. The second-order valence-electron chi connectivity index (χ2n) is 9.02. The monoisotopic (exact) mass is 328 g/mol. The average Bonchev–Trinajstić information content (AvgIpc) is 2.51. The third kappa shape index (κ3) is 2.94. The van der Waals surface area contributed by atoms with Crippen molar-refractivity contribution >= 4 is 5.78 Å². The summed E-state index contributed by atoms with van der Waals surface area (Å²) in [5.74, 6) is 1.03. The summed E-state index contributed by atoms with van der Waals surface area (Å²) in [6.45, 7) is 8.85. The zero-order valence-electron chi connectivity index (χ0n) is 15.6. The van der Waals surface area contributed by atoms with Crippen molar-refractivity contribution in [1.29, 1.82) is 0 Å². The van der Waals surface area contributed by atoms with Gasteiger partial charge in [0.05, 0.1) is 6.10 Å². The Morgan fingerprint density at radius 3 is 2.67 bits per heavy atom. The molecule has 0 saturated heterocycles. The van der Waals surface area contributed by atoms with E-state index in [0.717, 1.165) is 32.1 Å². The van der Waals surface area contributed by atoms with Crippen molar-refractivity contribution < 1.29 is 9.90 Å². The summed E-state index contributed by atoms with van der Waals surface area (Å²) in [6.07, 6.45) is 5.13. The summed E-state index contributed by atoms with van der Waals surface area (Å²) in [4.78, 5) is 12.8. The molecule has 0 spiro atoms. The Balaban J connectivity index is 1.82. The van der Waals surface area contributed by atoms with Crippen LogP contribution in [0.2, 0.25) is 0 Å². The Morgan fingerprint density at radius 1 is 1.21 bits per heavy atom. The molecule has 1 N–H and O–H groups in total. The maximum Gasteiger partial charge on any atom is 0.136 e. The number of aliphatic hydroxyl groups excluding tert-OH is 1. The summed E-state index contributed by atoms with van der Waals surface area (Å²) in [5.41, 5.74) is 2.58. The molecular formula is C22H32O2. The lowest BCUT2D eigenvalue weighted by atomic mass is 9.47. The molecule has 0 bridgehead atoms. The van der Waals surface area contributed by atoms with E-state index < -0.39 is 0 Å². The molecule has 0 heterocycles. The molecule has 132 valence electrons. The maximum absolute atomic E-state index is 12.8. The first kappa shape index (κ1) is 17.7. The number of rotatable bonds is 3. The van der Waals surface area contributed by atoms with E-state index in [1.54, 1.807) is 0 Å². The van der Waals surface area contributed by atoms with E-state index in [-0.39, 0.29) is 22.9 Å². The SMILES string of the molecule is Cc1cccc(CC[C@H]2C(=O)CC[C@H]3C(C)(C)[C@@H](O)CC[C@]23C)c1. The Bertz CT molecular complexity index is 618. The Hall–Kier alpha value is -1.15. The molecule has 3 rings (SSSR count). The predicted molar refractivity (Wildman–Crippen MR) is 97.8 cm³/mol.